The number of halogens is 2. The fraction of sp³-hybridized carbons (Fsp3) is 0.294. The van der Waals surface area contributed by atoms with Crippen LogP contribution in [-0.2, 0) is 6.42 Å². The van der Waals surface area contributed by atoms with E-state index in [1.807, 2.05) is 18.2 Å². The Hall–Kier alpha value is -1.39. The summed E-state index contributed by atoms with van der Waals surface area (Å²) in [4.78, 5) is 0. The summed E-state index contributed by atoms with van der Waals surface area (Å²) in [7, 11) is 0. The van der Waals surface area contributed by atoms with Crippen molar-refractivity contribution >= 4 is 15.9 Å². The lowest BCUT2D eigenvalue weighted by Crippen LogP contribution is -2.32. The number of benzene rings is 2. The van der Waals surface area contributed by atoms with Gasteiger partial charge in [-0.1, -0.05) is 34.1 Å². The first-order valence-corrected chi connectivity index (χ1v) is 7.85. The number of hydrogen-bond acceptors (Lipinski definition) is 2. The summed E-state index contributed by atoms with van der Waals surface area (Å²) in [5.74, 6) is 0.601. The Labute approximate surface area is 132 Å². The van der Waals surface area contributed by atoms with Gasteiger partial charge in [0.05, 0.1) is 0 Å². The van der Waals surface area contributed by atoms with Crippen molar-refractivity contribution in [3.8, 4) is 5.75 Å². The van der Waals surface area contributed by atoms with Crippen LogP contribution in [-0.4, -0.2) is 12.6 Å². The molecule has 0 aliphatic carbocycles. The first-order chi connectivity index (χ1) is 10.1. The van der Waals surface area contributed by atoms with Crippen LogP contribution < -0.4 is 10.1 Å². The number of ether oxygens (including phenoxy) is 1. The lowest BCUT2D eigenvalue weighted by atomic mass is 10.1. The van der Waals surface area contributed by atoms with Gasteiger partial charge in [-0.3, -0.25) is 0 Å². The van der Waals surface area contributed by atoms with Gasteiger partial charge in [0.25, 0.3) is 0 Å². The summed E-state index contributed by atoms with van der Waals surface area (Å²) in [5.41, 5.74) is 2.18. The number of hydrogen-bond donors (Lipinski definition) is 1. The topological polar surface area (TPSA) is 21.3 Å². The molecule has 2 nitrogen and oxygen atoms in total. The Morgan fingerprint density at radius 3 is 2.95 bits per heavy atom. The molecule has 0 bridgehead atoms. The third-order valence-corrected chi connectivity index (χ3v) is 4.51. The van der Waals surface area contributed by atoms with E-state index in [4.69, 9.17) is 4.74 Å². The van der Waals surface area contributed by atoms with E-state index in [-0.39, 0.29) is 18.0 Å². The maximum absolute atomic E-state index is 13.2. The maximum Gasteiger partial charge on any atom is 0.123 e. The van der Waals surface area contributed by atoms with Gasteiger partial charge in [-0.15, -0.1) is 0 Å². The predicted molar refractivity (Wildman–Crippen MR) is 85.1 cm³/mol. The van der Waals surface area contributed by atoms with Crippen LogP contribution in [0.3, 0.4) is 0 Å². The molecule has 0 saturated carbocycles. The standard InChI is InChI=1S/C17H17BrFNO/c1-11(15-4-2-3-5-16(15)18)20-10-14-9-12-8-13(19)6-7-17(12)21-14/h2-8,11,14,20H,9-10H2,1H3/t11-,14?/m0/s1. The van der Waals surface area contributed by atoms with Gasteiger partial charge in [0.1, 0.15) is 17.7 Å². The Morgan fingerprint density at radius 2 is 2.14 bits per heavy atom. The lowest BCUT2D eigenvalue weighted by Gasteiger charge is -2.18. The van der Waals surface area contributed by atoms with Gasteiger partial charge in [0, 0.05) is 29.0 Å². The average molecular weight is 350 g/mol. The second-order valence-electron chi connectivity index (χ2n) is 5.35. The minimum atomic E-state index is -0.201. The van der Waals surface area contributed by atoms with Gasteiger partial charge in [0.2, 0.25) is 0 Å². The van der Waals surface area contributed by atoms with E-state index < -0.39 is 0 Å². The van der Waals surface area contributed by atoms with Crippen LogP contribution in [0.1, 0.15) is 24.1 Å². The van der Waals surface area contributed by atoms with Crippen LogP contribution in [0.2, 0.25) is 0 Å². The summed E-state index contributed by atoms with van der Waals surface area (Å²) in [6, 6.07) is 13.1. The van der Waals surface area contributed by atoms with Crippen LogP contribution in [0.5, 0.6) is 5.75 Å². The molecule has 2 atom stereocenters. The second-order valence-corrected chi connectivity index (χ2v) is 6.20. The van der Waals surface area contributed by atoms with Gasteiger partial charge < -0.3 is 10.1 Å². The van der Waals surface area contributed by atoms with E-state index in [0.717, 1.165) is 28.8 Å². The summed E-state index contributed by atoms with van der Waals surface area (Å²) in [5, 5.41) is 3.48. The molecule has 4 heteroatoms. The molecule has 0 fully saturated rings. The zero-order valence-electron chi connectivity index (χ0n) is 11.8. The lowest BCUT2D eigenvalue weighted by molar-refractivity contribution is 0.222. The molecule has 0 radical (unpaired) electrons. The molecule has 1 aliphatic rings. The molecule has 1 N–H and O–H groups in total. The van der Waals surface area contributed by atoms with Crippen molar-refractivity contribution in [3.05, 3.63) is 63.9 Å². The van der Waals surface area contributed by atoms with Gasteiger partial charge in [-0.2, -0.15) is 0 Å². The molecule has 1 unspecified atom stereocenters. The predicted octanol–water partition coefficient (Wildman–Crippen LogP) is 4.24. The zero-order valence-corrected chi connectivity index (χ0v) is 13.4. The van der Waals surface area contributed by atoms with Gasteiger partial charge in [-0.05, 0) is 36.8 Å². The molecule has 0 aromatic heterocycles. The fourth-order valence-corrected chi connectivity index (χ4v) is 3.28. The van der Waals surface area contributed by atoms with Crippen LogP contribution >= 0.6 is 15.9 Å². The highest BCUT2D eigenvalue weighted by molar-refractivity contribution is 9.10. The third kappa shape index (κ3) is 3.27. The van der Waals surface area contributed by atoms with Crippen molar-refractivity contribution in [1.29, 1.82) is 0 Å². The molecule has 0 spiro atoms. The van der Waals surface area contributed by atoms with E-state index in [9.17, 15) is 4.39 Å². The van der Waals surface area contributed by atoms with Crippen LogP contribution in [0.4, 0.5) is 4.39 Å². The first-order valence-electron chi connectivity index (χ1n) is 7.06. The minimum absolute atomic E-state index is 0.0618. The molecular formula is C17H17BrFNO. The third-order valence-electron chi connectivity index (χ3n) is 3.79. The van der Waals surface area contributed by atoms with Crippen molar-refractivity contribution in [2.75, 3.05) is 6.54 Å². The van der Waals surface area contributed by atoms with Crippen molar-refractivity contribution in [2.24, 2.45) is 0 Å². The molecule has 2 aromatic carbocycles. The Morgan fingerprint density at radius 1 is 1.33 bits per heavy atom. The summed E-state index contributed by atoms with van der Waals surface area (Å²) < 4.78 is 20.1. The molecule has 21 heavy (non-hydrogen) atoms. The van der Waals surface area contributed by atoms with Crippen molar-refractivity contribution in [2.45, 2.75) is 25.5 Å². The summed E-state index contributed by atoms with van der Waals surface area (Å²) in [6.45, 7) is 2.86. The van der Waals surface area contributed by atoms with E-state index in [0.29, 0.717) is 0 Å². The molecule has 3 rings (SSSR count). The highest BCUT2D eigenvalue weighted by Crippen LogP contribution is 2.29. The summed E-state index contributed by atoms with van der Waals surface area (Å²) in [6.07, 6.45) is 0.815. The largest absolute Gasteiger partial charge is 0.488 e. The second kappa shape index (κ2) is 6.16. The van der Waals surface area contributed by atoms with E-state index in [1.54, 1.807) is 12.1 Å². The van der Waals surface area contributed by atoms with Crippen molar-refractivity contribution < 1.29 is 9.13 Å². The van der Waals surface area contributed by atoms with Crippen LogP contribution in [0.25, 0.3) is 0 Å². The summed E-state index contributed by atoms with van der Waals surface area (Å²) >= 11 is 3.57. The molecule has 2 aromatic rings. The van der Waals surface area contributed by atoms with Crippen LogP contribution in [0.15, 0.2) is 46.9 Å². The van der Waals surface area contributed by atoms with Crippen LogP contribution in [0, 0.1) is 5.82 Å². The average Bonchev–Trinajstić information content (AvgIpc) is 2.87. The smallest absolute Gasteiger partial charge is 0.123 e. The molecule has 0 amide bonds. The van der Waals surface area contributed by atoms with Gasteiger partial charge in [0.15, 0.2) is 0 Å². The highest BCUT2D eigenvalue weighted by atomic mass is 79.9. The number of nitrogens with one attached hydrogen (secondary N) is 1. The normalized spacial score (nSPS) is 18.1. The fourth-order valence-electron chi connectivity index (χ4n) is 2.65. The maximum atomic E-state index is 13.2. The Kier molecular flexibility index (Phi) is 4.27. The zero-order chi connectivity index (χ0) is 14.8. The molecule has 110 valence electrons. The molecule has 0 saturated heterocycles. The van der Waals surface area contributed by atoms with Crippen molar-refractivity contribution in [1.82, 2.24) is 5.32 Å². The van der Waals surface area contributed by atoms with E-state index >= 15 is 0 Å². The van der Waals surface area contributed by atoms with Gasteiger partial charge >= 0.3 is 0 Å². The van der Waals surface area contributed by atoms with E-state index in [1.165, 1.54) is 11.6 Å². The number of fused-ring (bicyclic) bond motifs is 1. The number of rotatable bonds is 4. The quantitative estimate of drug-likeness (QED) is 0.891. The van der Waals surface area contributed by atoms with E-state index in [2.05, 4.69) is 34.2 Å². The first kappa shape index (κ1) is 14.5. The molecule has 1 aliphatic heterocycles. The SMILES string of the molecule is C[C@H](NCC1Cc2cc(F)ccc2O1)c1ccccc1Br. The Bertz CT molecular complexity index is 646. The molecular weight excluding hydrogens is 333 g/mol. The van der Waals surface area contributed by atoms with Gasteiger partial charge in [-0.25, -0.2) is 4.39 Å². The highest BCUT2D eigenvalue weighted by Gasteiger charge is 2.23. The minimum Gasteiger partial charge on any atom is -0.488 e. The monoisotopic (exact) mass is 349 g/mol. The molecule has 1 heterocycles. The Balaban J connectivity index is 1.59. The van der Waals surface area contributed by atoms with Crippen molar-refractivity contribution in [3.63, 3.8) is 0 Å².